The van der Waals surface area contributed by atoms with E-state index < -0.39 is 0 Å². The van der Waals surface area contributed by atoms with Crippen LogP contribution < -0.4 is 0 Å². The topological polar surface area (TPSA) is 63.8 Å². The summed E-state index contributed by atoms with van der Waals surface area (Å²) in [6, 6.07) is 53.9. The van der Waals surface area contributed by atoms with Crippen molar-refractivity contribution < 1.29 is 5.11 Å². The van der Waals surface area contributed by atoms with Crippen molar-refractivity contribution in [1.29, 1.82) is 0 Å². The van der Waals surface area contributed by atoms with E-state index in [-0.39, 0.29) is 27.4 Å². The van der Waals surface area contributed by atoms with Crippen LogP contribution in [0.3, 0.4) is 0 Å². The molecule has 0 aliphatic carbocycles. The number of para-hydroxylation sites is 1. The van der Waals surface area contributed by atoms with Crippen LogP contribution in [-0.4, -0.2) is 24.6 Å². The molecular formula is C63H64N4O. The molecule has 0 aliphatic heterocycles. The summed E-state index contributed by atoms with van der Waals surface area (Å²) in [5, 5.41) is 12.7. The van der Waals surface area contributed by atoms with Gasteiger partial charge in [-0.05, 0) is 103 Å². The zero-order valence-corrected chi connectivity index (χ0v) is 41.8. The number of hydrogen-bond donors (Lipinski definition) is 1. The van der Waals surface area contributed by atoms with Crippen molar-refractivity contribution in [2.45, 2.75) is 105 Å². The number of fused-ring (bicyclic) bond motifs is 1. The van der Waals surface area contributed by atoms with Crippen LogP contribution in [0.1, 0.15) is 105 Å². The first-order valence-corrected chi connectivity index (χ1v) is 23.9. The summed E-state index contributed by atoms with van der Waals surface area (Å²) in [6.07, 6.45) is 3.76. The zero-order valence-electron chi connectivity index (χ0n) is 41.8. The number of aromatic nitrogens is 4. The van der Waals surface area contributed by atoms with Crippen LogP contribution in [0.5, 0.6) is 5.75 Å². The summed E-state index contributed by atoms with van der Waals surface area (Å²) in [6.45, 7) is 26.9. The summed E-state index contributed by atoms with van der Waals surface area (Å²) >= 11 is 0. The highest BCUT2D eigenvalue weighted by atomic mass is 16.3. The number of benzene rings is 6. The molecule has 0 fully saturated rings. The summed E-state index contributed by atoms with van der Waals surface area (Å²) < 4.78 is 2.28. The first-order valence-electron chi connectivity index (χ1n) is 23.9. The molecule has 0 saturated heterocycles. The molecule has 0 unspecified atom stereocenters. The summed E-state index contributed by atoms with van der Waals surface area (Å²) in [4.78, 5) is 15.8. The van der Waals surface area contributed by atoms with E-state index in [1.807, 2.05) is 24.5 Å². The Kier molecular flexibility index (Phi) is 11.6. The van der Waals surface area contributed by atoms with E-state index in [0.717, 1.165) is 83.7 Å². The second kappa shape index (κ2) is 17.2. The molecule has 9 aromatic rings. The van der Waals surface area contributed by atoms with Crippen LogP contribution in [-0.2, 0) is 21.7 Å². The maximum absolute atomic E-state index is 12.7. The van der Waals surface area contributed by atoms with E-state index in [1.165, 1.54) is 11.1 Å². The second-order valence-electron chi connectivity index (χ2n) is 22.5. The van der Waals surface area contributed by atoms with Crippen molar-refractivity contribution in [2.75, 3.05) is 0 Å². The molecule has 3 heterocycles. The minimum absolute atomic E-state index is 0.0643. The van der Waals surface area contributed by atoms with Gasteiger partial charge in [0.25, 0.3) is 0 Å². The van der Waals surface area contributed by atoms with Gasteiger partial charge in [0.2, 0.25) is 0 Å². The molecular weight excluding hydrogens is 829 g/mol. The Morgan fingerprint density at radius 3 is 1.49 bits per heavy atom. The molecule has 0 amide bonds. The Labute approximate surface area is 403 Å². The highest BCUT2D eigenvalue weighted by molar-refractivity contribution is 5.98. The molecule has 0 saturated carbocycles. The molecule has 5 heteroatoms. The molecule has 6 aromatic carbocycles. The van der Waals surface area contributed by atoms with Crippen LogP contribution >= 0.6 is 0 Å². The molecule has 1 N–H and O–H groups in total. The quantitative estimate of drug-likeness (QED) is 0.173. The summed E-state index contributed by atoms with van der Waals surface area (Å²) in [5.41, 5.74) is 17.1. The van der Waals surface area contributed by atoms with Gasteiger partial charge in [-0.2, -0.15) is 0 Å². The number of nitrogens with zero attached hydrogens (tertiary/aromatic N) is 4. The molecule has 9 rings (SSSR count). The first kappa shape index (κ1) is 46.0. The fourth-order valence-electron chi connectivity index (χ4n) is 9.19. The molecule has 0 bridgehead atoms. The predicted octanol–water partition coefficient (Wildman–Crippen LogP) is 16.7. The molecule has 5 nitrogen and oxygen atoms in total. The van der Waals surface area contributed by atoms with Crippen molar-refractivity contribution in [1.82, 2.24) is 19.5 Å². The Balaban J connectivity index is 1.43. The number of pyridine rings is 2. The molecule has 3 aromatic heterocycles. The van der Waals surface area contributed by atoms with Crippen LogP contribution in [0.15, 0.2) is 164 Å². The zero-order chi connectivity index (χ0) is 48.3. The van der Waals surface area contributed by atoms with Crippen molar-refractivity contribution in [2.24, 2.45) is 0 Å². The average molecular weight is 893 g/mol. The fraction of sp³-hybridized carbons (Fsp3) is 0.254. The molecule has 0 radical (unpaired) electrons. The van der Waals surface area contributed by atoms with Gasteiger partial charge in [0.1, 0.15) is 17.1 Å². The third kappa shape index (κ3) is 8.90. The van der Waals surface area contributed by atoms with Gasteiger partial charge in [-0.25, -0.2) is 4.98 Å². The molecule has 0 spiro atoms. The smallest absolute Gasteiger partial charge is 0.149 e. The number of imidazole rings is 1. The van der Waals surface area contributed by atoms with E-state index in [4.69, 9.17) is 15.0 Å². The maximum atomic E-state index is 12.7. The van der Waals surface area contributed by atoms with Crippen LogP contribution in [0.2, 0.25) is 0 Å². The van der Waals surface area contributed by atoms with E-state index in [9.17, 15) is 5.11 Å². The minimum atomic E-state index is -0.361. The van der Waals surface area contributed by atoms with Gasteiger partial charge in [0, 0.05) is 40.2 Å². The fourth-order valence-corrected chi connectivity index (χ4v) is 9.19. The lowest BCUT2D eigenvalue weighted by Crippen LogP contribution is -2.17. The number of phenols is 1. The van der Waals surface area contributed by atoms with Gasteiger partial charge < -0.3 is 5.11 Å². The van der Waals surface area contributed by atoms with Gasteiger partial charge >= 0.3 is 0 Å². The van der Waals surface area contributed by atoms with E-state index in [2.05, 4.69) is 227 Å². The molecule has 0 aliphatic rings. The second-order valence-corrected chi connectivity index (χ2v) is 22.5. The summed E-state index contributed by atoms with van der Waals surface area (Å²) in [5.74, 6) is 0.862. The molecule has 68 heavy (non-hydrogen) atoms. The number of phenolic OH excluding ortho intramolecular Hbond substituents is 1. The van der Waals surface area contributed by atoms with E-state index >= 15 is 0 Å². The van der Waals surface area contributed by atoms with Crippen LogP contribution in [0, 0.1) is 0 Å². The van der Waals surface area contributed by atoms with Gasteiger partial charge in [0.15, 0.2) is 0 Å². The Morgan fingerprint density at radius 1 is 0.412 bits per heavy atom. The lowest BCUT2D eigenvalue weighted by Gasteiger charge is -2.28. The first-order chi connectivity index (χ1) is 32.2. The van der Waals surface area contributed by atoms with Crippen molar-refractivity contribution in [3.05, 3.63) is 186 Å². The third-order valence-electron chi connectivity index (χ3n) is 13.2. The Bertz CT molecular complexity index is 3210. The van der Waals surface area contributed by atoms with E-state index in [0.29, 0.717) is 11.4 Å². The lowest BCUT2D eigenvalue weighted by atomic mass is 9.78. The van der Waals surface area contributed by atoms with Gasteiger partial charge in [0.05, 0.1) is 28.2 Å². The normalized spacial score (nSPS) is 12.5. The largest absolute Gasteiger partial charge is 0.507 e. The maximum Gasteiger partial charge on any atom is 0.149 e. The van der Waals surface area contributed by atoms with Gasteiger partial charge in [-0.3, -0.25) is 14.5 Å². The van der Waals surface area contributed by atoms with Gasteiger partial charge in [-0.15, -0.1) is 0 Å². The van der Waals surface area contributed by atoms with Crippen LogP contribution in [0.4, 0.5) is 0 Å². The van der Waals surface area contributed by atoms with Crippen molar-refractivity contribution in [3.63, 3.8) is 0 Å². The van der Waals surface area contributed by atoms with Gasteiger partial charge in [-0.1, -0.05) is 192 Å². The Morgan fingerprint density at radius 2 is 0.941 bits per heavy atom. The highest BCUT2D eigenvalue weighted by Crippen LogP contribution is 2.47. The molecule has 0 atom stereocenters. The van der Waals surface area contributed by atoms with Crippen LogP contribution in [0.25, 0.3) is 84.0 Å². The highest BCUT2D eigenvalue weighted by Gasteiger charge is 2.31. The Hall–Kier alpha value is -7.11. The average Bonchev–Trinajstić information content (AvgIpc) is 3.70. The number of aromatic hydroxyl groups is 1. The number of rotatable bonds is 7. The van der Waals surface area contributed by atoms with Crippen molar-refractivity contribution >= 4 is 11.0 Å². The predicted molar refractivity (Wildman–Crippen MR) is 286 cm³/mol. The third-order valence-corrected chi connectivity index (χ3v) is 13.2. The summed E-state index contributed by atoms with van der Waals surface area (Å²) in [7, 11) is 0. The number of hydrogen-bond acceptors (Lipinski definition) is 4. The lowest BCUT2D eigenvalue weighted by molar-refractivity contribution is 0.446. The minimum Gasteiger partial charge on any atom is -0.507 e. The van der Waals surface area contributed by atoms with E-state index in [1.54, 1.807) is 0 Å². The standard InChI is InChI=1S/C63H64N4O/c1-60(2,3)46-35-43(36-47(37-46)61(4,5)6)42-32-44(53-28-19-20-30-64-53)34-45(33-42)55-56-54(29-31-65-55)67(59(66-56)51-38-48(62(7,8)9)39-52(58(51)68)63(10,11)12)57-49(40-22-15-13-16-23-40)26-21-27-50(57)41-24-17-14-18-25-41/h13-39,68H,1-12H3. The monoisotopic (exact) mass is 893 g/mol. The molecule has 342 valence electrons. The van der Waals surface area contributed by atoms with Crippen molar-refractivity contribution in [3.8, 4) is 78.7 Å². The SMILES string of the molecule is CC(C)(C)c1cc(-c2cc(-c3ccccn3)cc(-c3nccc4c3nc(-c3cc(C(C)(C)C)cc(C(C)(C)C)c3O)n4-c3c(-c4ccccc4)cccc3-c3ccccc3)c2)cc(C(C)(C)C)c1.